The molecule has 0 amide bonds. The highest BCUT2D eigenvalue weighted by molar-refractivity contribution is 5.63. The molecule has 7 nitrogen and oxygen atoms in total. The number of anilines is 2. The number of hydrazine groups is 1. The summed E-state index contributed by atoms with van der Waals surface area (Å²) in [5, 5.41) is 13.1. The molecule has 1 rings (SSSR count). The van der Waals surface area contributed by atoms with E-state index in [1.54, 1.807) is 6.92 Å². The van der Waals surface area contributed by atoms with Gasteiger partial charge in [-0.15, -0.1) is 0 Å². The van der Waals surface area contributed by atoms with Crippen LogP contribution in [0.2, 0.25) is 0 Å². The van der Waals surface area contributed by atoms with Crippen molar-refractivity contribution in [3.63, 3.8) is 0 Å². The van der Waals surface area contributed by atoms with Gasteiger partial charge in [0.15, 0.2) is 11.6 Å². The van der Waals surface area contributed by atoms with E-state index < -0.39 is 5.60 Å². The third-order valence-corrected chi connectivity index (χ3v) is 2.57. The van der Waals surface area contributed by atoms with Crippen molar-refractivity contribution in [2.24, 2.45) is 5.84 Å². The zero-order valence-corrected chi connectivity index (χ0v) is 11.0. The van der Waals surface area contributed by atoms with Gasteiger partial charge in [0.2, 0.25) is 5.75 Å². The first-order valence-corrected chi connectivity index (χ1v) is 5.86. The van der Waals surface area contributed by atoms with Crippen LogP contribution in [0.4, 0.5) is 11.6 Å². The maximum atomic E-state index is 10.1. The van der Waals surface area contributed by atoms with Crippen LogP contribution in [0.5, 0.6) is 5.75 Å². The minimum absolute atomic E-state index is 0.373. The molecule has 7 heteroatoms. The number of hydrogen-bond acceptors (Lipinski definition) is 7. The van der Waals surface area contributed by atoms with E-state index in [1.807, 2.05) is 6.92 Å². The van der Waals surface area contributed by atoms with Crippen molar-refractivity contribution in [3.8, 4) is 5.75 Å². The van der Waals surface area contributed by atoms with Gasteiger partial charge in [-0.25, -0.2) is 15.8 Å². The van der Waals surface area contributed by atoms with Crippen LogP contribution >= 0.6 is 0 Å². The third-order valence-electron chi connectivity index (χ3n) is 2.57. The zero-order chi connectivity index (χ0) is 13.6. The number of methoxy groups -OCH3 is 1. The normalized spacial score (nSPS) is 13.8. The Morgan fingerprint density at radius 2 is 2.11 bits per heavy atom. The Morgan fingerprint density at radius 1 is 1.44 bits per heavy atom. The van der Waals surface area contributed by atoms with Gasteiger partial charge in [-0.05, 0) is 13.3 Å². The SMILES string of the molecule is CCCC(C)(O)CNc1ncnc(NN)c1OC. The molecule has 0 radical (unpaired) electrons. The minimum atomic E-state index is -0.791. The molecule has 0 fully saturated rings. The summed E-state index contributed by atoms with van der Waals surface area (Å²) >= 11 is 0. The molecule has 18 heavy (non-hydrogen) atoms. The Morgan fingerprint density at radius 3 is 2.67 bits per heavy atom. The molecule has 0 aliphatic heterocycles. The summed E-state index contributed by atoms with van der Waals surface area (Å²) in [7, 11) is 1.51. The lowest BCUT2D eigenvalue weighted by molar-refractivity contribution is 0.0635. The van der Waals surface area contributed by atoms with E-state index in [-0.39, 0.29) is 0 Å². The summed E-state index contributed by atoms with van der Waals surface area (Å²) in [6.45, 7) is 4.17. The lowest BCUT2D eigenvalue weighted by atomic mass is 10.0. The Kier molecular flexibility index (Phi) is 5.11. The standard InChI is InChI=1S/C11H21N5O2/c1-4-5-11(2,17)6-13-9-8(18-3)10(16-12)15-7-14-9/h7,17H,4-6,12H2,1-3H3,(H2,13,14,15,16). The predicted octanol–water partition coefficient (Wildman–Crippen LogP) is 0.734. The fraction of sp³-hybridized carbons (Fsp3) is 0.636. The van der Waals surface area contributed by atoms with E-state index in [0.717, 1.165) is 6.42 Å². The maximum Gasteiger partial charge on any atom is 0.205 e. The molecule has 0 aliphatic carbocycles. The van der Waals surface area contributed by atoms with E-state index in [0.29, 0.717) is 30.4 Å². The van der Waals surface area contributed by atoms with E-state index >= 15 is 0 Å². The molecule has 1 aromatic rings. The summed E-state index contributed by atoms with van der Waals surface area (Å²) < 4.78 is 5.18. The topological polar surface area (TPSA) is 105 Å². The molecule has 1 unspecified atom stereocenters. The highest BCUT2D eigenvalue weighted by Gasteiger charge is 2.20. The van der Waals surface area contributed by atoms with E-state index in [9.17, 15) is 5.11 Å². The molecular weight excluding hydrogens is 234 g/mol. The van der Waals surface area contributed by atoms with Crippen molar-refractivity contribution < 1.29 is 9.84 Å². The number of aromatic nitrogens is 2. The molecule has 1 heterocycles. The lowest BCUT2D eigenvalue weighted by Crippen LogP contribution is -2.33. The van der Waals surface area contributed by atoms with E-state index in [4.69, 9.17) is 10.6 Å². The molecule has 0 saturated heterocycles. The molecule has 0 aliphatic rings. The smallest absolute Gasteiger partial charge is 0.205 e. The molecule has 0 aromatic carbocycles. The molecule has 0 spiro atoms. The molecule has 1 aromatic heterocycles. The number of nitrogens with two attached hydrogens (primary N) is 1. The van der Waals surface area contributed by atoms with Crippen LogP contribution in [0.1, 0.15) is 26.7 Å². The van der Waals surface area contributed by atoms with Crippen LogP contribution in [0.25, 0.3) is 0 Å². The van der Waals surface area contributed by atoms with E-state index in [1.165, 1.54) is 13.4 Å². The number of rotatable bonds is 7. The lowest BCUT2D eigenvalue weighted by Gasteiger charge is -2.23. The first-order chi connectivity index (χ1) is 8.54. The van der Waals surface area contributed by atoms with Gasteiger partial charge in [-0.1, -0.05) is 13.3 Å². The fourth-order valence-electron chi connectivity index (χ4n) is 1.70. The van der Waals surface area contributed by atoms with Gasteiger partial charge in [0.25, 0.3) is 0 Å². The van der Waals surface area contributed by atoms with Crippen LogP contribution < -0.4 is 21.3 Å². The Bertz CT molecular complexity index is 384. The first-order valence-electron chi connectivity index (χ1n) is 5.86. The van der Waals surface area contributed by atoms with Gasteiger partial charge in [0, 0.05) is 6.54 Å². The van der Waals surface area contributed by atoms with E-state index in [2.05, 4.69) is 20.7 Å². The fourth-order valence-corrected chi connectivity index (χ4v) is 1.70. The molecule has 0 saturated carbocycles. The summed E-state index contributed by atoms with van der Waals surface area (Å²) in [4.78, 5) is 8.00. The zero-order valence-electron chi connectivity index (χ0n) is 11.0. The number of nitrogens with zero attached hydrogens (tertiary/aromatic N) is 2. The van der Waals surface area contributed by atoms with Crippen LogP contribution in [0, 0.1) is 0 Å². The van der Waals surface area contributed by atoms with Crippen molar-refractivity contribution in [1.82, 2.24) is 9.97 Å². The number of nitrogen functional groups attached to an aromatic ring is 1. The summed E-state index contributed by atoms with van der Waals surface area (Å²) in [5.41, 5.74) is 1.64. The number of aliphatic hydroxyl groups is 1. The van der Waals surface area contributed by atoms with Gasteiger partial charge in [0.1, 0.15) is 6.33 Å². The monoisotopic (exact) mass is 255 g/mol. The van der Waals surface area contributed by atoms with Gasteiger partial charge in [-0.2, -0.15) is 0 Å². The van der Waals surface area contributed by atoms with Crippen LogP contribution in [0.15, 0.2) is 6.33 Å². The minimum Gasteiger partial charge on any atom is -0.490 e. The Hall–Kier alpha value is -1.60. The Balaban J connectivity index is 2.78. The van der Waals surface area contributed by atoms with Crippen molar-refractivity contribution in [3.05, 3.63) is 6.33 Å². The number of ether oxygens (including phenoxy) is 1. The second-order valence-corrected chi connectivity index (χ2v) is 4.35. The van der Waals surface area contributed by atoms with Crippen LogP contribution in [0.3, 0.4) is 0 Å². The van der Waals surface area contributed by atoms with Crippen LogP contribution in [-0.4, -0.2) is 34.3 Å². The average Bonchev–Trinajstić information content (AvgIpc) is 2.35. The summed E-state index contributed by atoms with van der Waals surface area (Å²) in [6.07, 6.45) is 2.98. The highest BCUT2D eigenvalue weighted by atomic mass is 16.5. The third kappa shape index (κ3) is 3.71. The molecule has 1 atom stereocenters. The molecular formula is C11H21N5O2. The maximum absolute atomic E-state index is 10.1. The van der Waals surface area contributed by atoms with Crippen molar-refractivity contribution in [2.45, 2.75) is 32.3 Å². The molecule has 102 valence electrons. The first kappa shape index (κ1) is 14.5. The Labute approximate surface area is 107 Å². The molecule has 0 bridgehead atoms. The summed E-state index contributed by atoms with van der Waals surface area (Å²) in [5.74, 6) is 6.64. The summed E-state index contributed by atoms with van der Waals surface area (Å²) in [6, 6.07) is 0. The van der Waals surface area contributed by atoms with Gasteiger partial charge >= 0.3 is 0 Å². The average molecular weight is 255 g/mol. The number of hydrogen-bond donors (Lipinski definition) is 4. The predicted molar refractivity (Wildman–Crippen MR) is 70.4 cm³/mol. The quantitative estimate of drug-likeness (QED) is 0.420. The number of nitrogens with one attached hydrogen (secondary N) is 2. The van der Waals surface area contributed by atoms with Crippen LogP contribution in [-0.2, 0) is 0 Å². The highest BCUT2D eigenvalue weighted by Crippen LogP contribution is 2.28. The van der Waals surface area contributed by atoms with Gasteiger partial charge < -0.3 is 20.6 Å². The largest absolute Gasteiger partial charge is 0.490 e. The van der Waals surface area contributed by atoms with Gasteiger partial charge in [0.05, 0.1) is 12.7 Å². The second-order valence-electron chi connectivity index (χ2n) is 4.35. The van der Waals surface area contributed by atoms with Crippen molar-refractivity contribution in [2.75, 3.05) is 24.4 Å². The van der Waals surface area contributed by atoms with Crippen molar-refractivity contribution in [1.29, 1.82) is 0 Å². The second kappa shape index (κ2) is 6.36. The molecule has 5 N–H and O–H groups in total. The van der Waals surface area contributed by atoms with Gasteiger partial charge in [-0.3, -0.25) is 0 Å². The van der Waals surface area contributed by atoms with Crippen molar-refractivity contribution >= 4 is 11.6 Å².